The number of ketones is 1. The highest BCUT2D eigenvalue weighted by Crippen LogP contribution is 2.42. The third kappa shape index (κ3) is 4.63. The number of benzene rings is 3. The number of pyridine rings is 1. The first-order valence-electron chi connectivity index (χ1n) is 12.8. The molecule has 1 N–H and O–H groups in total. The second-order valence-electron chi connectivity index (χ2n) is 9.65. The van der Waals surface area contributed by atoms with Gasteiger partial charge in [-0.1, -0.05) is 36.4 Å². The Kier molecular flexibility index (Phi) is 6.32. The summed E-state index contributed by atoms with van der Waals surface area (Å²) in [7, 11) is 0. The molecule has 2 atom stereocenters. The zero-order chi connectivity index (χ0) is 26.9. The number of aliphatic hydroxyl groups is 1. The average molecular weight is 519 g/mol. The van der Waals surface area contributed by atoms with Crippen molar-refractivity contribution >= 4 is 23.1 Å². The largest absolute Gasteiger partial charge is 0.507 e. The lowest BCUT2D eigenvalue weighted by molar-refractivity contribution is -0.132. The molecule has 0 spiro atoms. The summed E-state index contributed by atoms with van der Waals surface area (Å²) in [4.78, 5) is 32.7. The molecule has 0 radical (unpaired) electrons. The molecule has 0 aliphatic carbocycles. The van der Waals surface area contributed by atoms with Crippen molar-refractivity contribution in [2.75, 3.05) is 4.90 Å². The fourth-order valence-corrected chi connectivity index (χ4v) is 5.09. The number of amides is 1. The van der Waals surface area contributed by atoms with Crippen molar-refractivity contribution < 1.29 is 24.2 Å². The normalized spacial score (nSPS) is 19.6. The summed E-state index contributed by atoms with van der Waals surface area (Å²) in [5.41, 5.74) is 3.40. The molecule has 194 valence electrons. The highest BCUT2D eigenvalue weighted by molar-refractivity contribution is 6.51. The van der Waals surface area contributed by atoms with E-state index < -0.39 is 17.7 Å². The van der Waals surface area contributed by atoms with Crippen LogP contribution in [-0.4, -0.2) is 27.9 Å². The fourth-order valence-electron chi connectivity index (χ4n) is 5.09. The minimum atomic E-state index is -0.897. The first-order chi connectivity index (χ1) is 19.0. The number of fused-ring (bicyclic) bond motifs is 1. The Balaban J connectivity index is 1.36. The number of hydrogen-bond acceptors (Lipinski definition) is 6. The molecule has 0 bridgehead atoms. The van der Waals surface area contributed by atoms with Crippen LogP contribution in [-0.2, 0) is 22.6 Å². The maximum atomic E-state index is 13.4. The van der Waals surface area contributed by atoms with Gasteiger partial charge in [0.2, 0.25) is 0 Å². The maximum Gasteiger partial charge on any atom is 0.300 e. The summed E-state index contributed by atoms with van der Waals surface area (Å²) >= 11 is 0. The first-order valence-corrected chi connectivity index (χ1v) is 12.8. The van der Waals surface area contributed by atoms with Gasteiger partial charge in [0.25, 0.3) is 11.7 Å². The van der Waals surface area contributed by atoms with Gasteiger partial charge < -0.3 is 14.6 Å². The molecule has 7 heteroatoms. The second kappa shape index (κ2) is 10.1. The average Bonchev–Trinajstić information content (AvgIpc) is 3.48. The number of rotatable bonds is 6. The summed E-state index contributed by atoms with van der Waals surface area (Å²) in [6.07, 6.45) is 2.34. The molecule has 3 aromatic carbocycles. The van der Waals surface area contributed by atoms with Gasteiger partial charge in [-0.25, -0.2) is 0 Å². The van der Waals surface area contributed by atoms with E-state index in [1.54, 1.807) is 60.8 Å². The summed E-state index contributed by atoms with van der Waals surface area (Å²) in [5.74, 6) is -0.351. The van der Waals surface area contributed by atoms with Crippen LogP contribution in [0.25, 0.3) is 5.76 Å². The van der Waals surface area contributed by atoms with E-state index in [1.165, 1.54) is 4.90 Å². The van der Waals surface area contributed by atoms with Gasteiger partial charge in [0.15, 0.2) is 0 Å². The van der Waals surface area contributed by atoms with E-state index in [0.717, 1.165) is 16.9 Å². The van der Waals surface area contributed by atoms with E-state index in [-0.39, 0.29) is 17.4 Å². The van der Waals surface area contributed by atoms with Crippen LogP contribution in [0.15, 0.2) is 103 Å². The standard InChI is InChI=1S/C32H26N2O5/c1-20-17-23-18-22(10-15-27(23)39-20)30(35)28-29(26-9-5-6-16-33-26)34(32(37)31(28)36)24-11-13-25(14-12-24)38-19-21-7-3-2-4-8-21/h2-16,18,20,29,35H,17,19H2,1H3/b30-28-. The van der Waals surface area contributed by atoms with Crippen LogP contribution in [0.5, 0.6) is 11.5 Å². The topological polar surface area (TPSA) is 89.0 Å². The molecule has 0 saturated carbocycles. The number of anilines is 1. The van der Waals surface area contributed by atoms with E-state index in [2.05, 4.69) is 4.98 Å². The van der Waals surface area contributed by atoms with Crippen LogP contribution in [0.4, 0.5) is 5.69 Å². The third-order valence-corrected chi connectivity index (χ3v) is 6.95. The Morgan fingerprint density at radius 1 is 1.00 bits per heavy atom. The Bertz CT molecular complexity index is 1570. The molecule has 1 saturated heterocycles. The molecule has 3 heterocycles. The highest BCUT2D eigenvalue weighted by Gasteiger charge is 2.47. The number of aromatic nitrogens is 1. The molecule has 1 fully saturated rings. The number of hydrogen-bond donors (Lipinski definition) is 1. The summed E-state index contributed by atoms with van der Waals surface area (Å²) in [6.45, 7) is 2.38. The highest BCUT2D eigenvalue weighted by atomic mass is 16.5. The maximum absolute atomic E-state index is 13.4. The fraction of sp³-hybridized carbons (Fsp3) is 0.156. The van der Waals surface area contributed by atoms with Crippen LogP contribution >= 0.6 is 0 Å². The molecular weight excluding hydrogens is 492 g/mol. The quantitative estimate of drug-likeness (QED) is 0.203. The van der Waals surface area contributed by atoms with Gasteiger partial charge in [0, 0.05) is 23.9 Å². The van der Waals surface area contributed by atoms with E-state index in [9.17, 15) is 14.7 Å². The van der Waals surface area contributed by atoms with Gasteiger partial charge in [-0.3, -0.25) is 19.5 Å². The Morgan fingerprint density at radius 3 is 2.51 bits per heavy atom. The zero-order valence-electron chi connectivity index (χ0n) is 21.3. The molecule has 1 aromatic heterocycles. The summed E-state index contributed by atoms with van der Waals surface area (Å²) < 4.78 is 11.7. The van der Waals surface area contributed by atoms with Gasteiger partial charge in [0.05, 0.1) is 11.3 Å². The minimum absolute atomic E-state index is 0.00461. The number of ether oxygens (including phenoxy) is 2. The predicted molar refractivity (Wildman–Crippen MR) is 146 cm³/mol. The van der Waals surface area contributed by atoms with E-state index in [4.69, 9.17) is 9.47 Å². The minimum Gasteiger partial charge on any atom is -0.507 e. The van der Waals surface area contributed by atoms with Crippen molar-refractivity contribution in [3.8, 4) is 11.5 Å². The molecule has 2 aliphatic rings. The molecule has 1 amide bonds. The van der Waals surface area contributed by atoms with Gasteiger partial charge >= 0.3 is 0 Å². The summed E-state index contributed by atoms with van der Waals surface area (Å²) in [5, 5.41) is 11.4. The molecule has 39 heavy (non-hydrogen) atoms. The van der Waals surface area contributed by atoms with Crippen LogP contribution in [0.3, 0.4) is 0 Å². The smallest absolute Gasteiger partial charge is 0.300 e. The van der Waals surface area contributed by atoms with Crippen molar-refractivity contribution in [1.29, 1.82) is 0 Å². The SMILES string of the molecule is CC1Cc2cc(/C(O)=C3/C(=O)C(=O)N(c4ccc(OCc5ccccc5)cc4)C3c3ccccn3)ccc2O1. The zero-order valence-corrected chi connectivity index (χ0v) is 21.3. The van der Waals surface area contributed by atoms with E-state index in [1.807, 2.05) is 43.3 Å². The van der Waals surface area contributed by atoms with Crippen molar-refractivity contribution in [3.63, 3.8) is 0 Å². The third-order valence-electron chi connectivity index (χ3n) is 6.95. The lowest BCUT2D eigenvalue weighted by atomic mass is 9.96. The molecule has 2 aliphatic heterocycles. The predicted octanol–water partition coefficient (Wildman–Crippen LogP) is 5.61. The van der Waals surface area contributed by atoms with Crippen molar-refractivity contribution in [2.45, 2.75) is 32.1 Å². The van der Waals surface area contributed by atoms with Crippen LogP contribution in [0.1, 0.15) is 35.3 Å². The molecule has 6 rings (SSSR count). The van der Waals surface area contributed by atoms with Crippen LogP contribution in [0, 0.1) is 0 Å². The first kappa shape index (κ1) is 24.4. The van der Waals surface area contributed by atoms with Crippen LogP contribution < -0.4 is 14.4 Å². The lowest BCUT2D eigenvalue weighted by Crippen LogP contribution is -2.29. The Labute approximate surface area is 226 Å². The van der Waals surface area contributed by atoms with Gasteiger partial charge in [0.1, 0.15) is 36.0 Å². The van der Waals surface area contributed by atoms with Crippen molar-refractivity contribution in [3.05, 3.63) is 125 Å². The Hall–Kier alpha value is -4.91. The number of nitrogens with zero attached hydrogens (tertiary/aromatic N) is 2. The van der Waals surface area contributed by atoms with E-state index >= 15 is 0 Å². The Morgan fingerprint density at radius 2 is 1.77 bits per heavy atom. The second-order valence-corrected chi connectivity index (χ2v) is 9.65. The number of carbonyl (C=O) groups excluding carboxylic acids is 2. The number of carbonyl (C=O) groups is 2. The molecular formula is C32H26N2O5. The molecule has 7 nitrogen and oxygen atoms in total. The monoisotopic (exact) mass is 518 g/mol. The molecule has 2 unspecified atom stereocenters. The van der Waals surface area contributed by atoms with Gasteiger partial charge in [-0.05, 0) is 72.6 Å². The van der Waals surface area contributed by atoms with Crippen molar-refractivity contribution in [2.24, 2.45) is 0 Å². The number of Topliss-reactive ketones (excluding diaryl/α,β-unsaturated/α-hetero) is 1. The van der Waals surface area contributed by atoms with Crippen LogP contribution in [0.2, 0.25) is 0 Å². The van der Waals surface area contributed by atoms with E-state index in [0.29, 0.717) is 35.7 Å². The number of aliphatic hydroxyl groups excluding tert-OH is 1. The lowest BCUT2D eigenvalue weighted by Gasteiger charge is -2.24. The summed E-state index contributed by atoms with van der Waals surface area (Å²) in [6, 6.07) is 26.5. The van der Waals surface area contributed by atoms with Gasteiger partial charge in [-0.15, -0.1) is 0 Å². The van der Waals surface area contributed by atoms with Gasteiger partial charge in [-0.2, -0.15) is 0 Å². The van der Waals surface area contributed by atoms with Crippen molar-refractivity contribution in [1.82, 2.24) is 4.98 Å². The molecule has 4 aromatic rings.